The summed E-state index contributed by atoms with van der Waals surface area (Å²) in [4.78, 5) is 2.61. The Morgan fingerprint density at radius 3 is 2.06 bits per heavy atom. The van der Waals surface area contributed by atoms with E-state index in [2.05, 4.69) is 46.2 Å². The average molecular weight is 246 g/mol. The smallest absolute Gasteiger partial charge is 0.112 e. The minimum Gasteiger partial charge on any atom is -0.379 e. The molecule has 0 bridgehead atoms. The first-order valence-corrected chi connectivity index (χ1v) is 8.92. The van der Waals surface area contributed by atoms with Crippen LogP contribution in [0.2, 0.25) is 0 Å². The Hall–Kier alpha value is 0.350. The fourth-order valence-corrected chi connectivity index (χ4v) is 5.72. The van der Waals surface area contributed by atoms with Gasteiger partial charge in [0.05, 0.1) is 30.7 Å². The summed E-state index contributed by atoms with van der Waals surface area (Å²) in [6.45, 7) is 18.7. The van der Waals surface area contributed by atoms with Crippen LogP contribution in [0.25, 0.3) is 0 Å². The normalized spacial score (nSPS) is 23.4. The SMILES string of the molecule is CC(C)[P+](C)(CN1CCOCC1)C(C)(C)C. The summed E-state index contributed by atoms with van der Waals surface area (Å²) in [5.74, 6) is 0. The van der Waals surface area contributed by atoms with Crippen LogP contribution in [0.4, 0.5) is 0 Å². The zero-order valence-electron chi connectivity index (χ0n) is 11.9. The molecule has 1 unspecified atom stereocenters. The van der Waals surface area contributed by atoms with Crippen LogP contribution in [0.1, 0.15) is 34.6 Å². The average Bonchev–Trinajstić information content (AvgIpc) is 2.17. The van der Waals surface area contributed by atoms with E-state index in [1.165, 1.54) is 6.29 Å². The lowest BCUT2D eigenvalue weighted by Gasteiger charge is -2.42. The molecule has 0 aromatic carbocycles. The molecule has 3 heteroatoms. The molecule has 0 radical (unpaired) electrons. The molecule has 1 atom stereocenters. The predicted octanol–water partition coefficient (Wildman–Crippen LogP) is 3.13. The van der Waals surface area contributed by atoms with Gasteiger partial charge in [0.25, 0.3) is 0 Å². The molecule has 2 nitrogen and oxygen atoms in total. The molecule has 0 saturated carbocycles. The van der Waals surface area contributed by atoms with Gasteiger partial charge < -0.3 is 4.74 Å². The first-order valence-electron chi connectivity index (χ1n) is 6.43. The molecule has 1 heterocycles. The highest BCUT2D eigenvalue weighted by Crippen LogP contribution is 2.69. The maximum absolute atomic E-state index is 5.43. The van der Waals surface area contributed by atoms with Crippen LogP contribution in [0.3, 0.4) is 0 Å². The lowest BCUT2D eigenvalue weighted by molar-refractivity contribution is 0.0463. The summed E-state index contributed by atoms with van der Waals surface area (Å²) in [6.07, 6.45) is 1.30. The number of rotatable bonds is 3. The number of hydrogen-bond donors (Lipinski definition) is 0. The molecular formula is C13H29NOP+. The van der Waals surface area contributed by atoms with Gasteiger partial charge in [-0.05, 0) is 34.6 Å². The highest BCUT2D eigenvalue weighted by molar-refractivity contribution is 7.77. The van der Waals surface area contributed by atoms with E-state index in [1.807, 2.05) is 0 Å². The Kier molecular flexibility index (Phi) is 4.80. The molecule has 1 aliphatic rings. The number of morpholine rings is 1. The van der Waals surface area contributed by atoms with E-state index in [0.717, 1.165) is 32.0 Å². The summed E-state index contributed by atoms with van der Waals surface area (Å²) >= 11 is 0. The third-order valence-corrected chi connectivity index (χ3v) is 10.6. The Bertz CT molecular complexity index is 218. The molecule has 0 amide bonds. The van der Waals surface area contributed by atoms with Gasteiger partial charge in [0.15, 0.2) is 0 Å². The lowest BCUT2D eigenvalue weighted by atomic mass is 10.3. The van der Waals surface area contributed by atoms with Crippen molar-refractivity contribution in [3.63, 3.8) is 0 Å². The minimum atomic E-state index is -0.923. The first-order chi connectivity index (χ1) is 7.27. The predicted molar refractivity (Wildman–Crippen MR) is 75.0 cm³/mol. The minimum absolute atomic E-state index is 0.458. The summed E-state index contributed by atoms with van der Waals surface area (Å²) in [7, 11) is -0.923. The first kappa shape index (κ1) is 14.4. The second kappa shape index (κ2) is 5.33. The van der Waals surface area contributed by atoms with Gasteiger partial charge in [0, 0.05) is 20.4 Å². The van der Waals surface area contributed by atoms with Crippen LogP contribution in [-0.4, -0.2) is 55.0 Å². The van der Waals surface area contributed by atoms with Crippen LogP contribution in [0.15, 0.2) is 0 Å². The monoisotopic (exact) mass is 246 g/mol. The van der Waals surface area contributed by atoms with E-state index in [0.29, 0.717) is 5.16 Å². The molecule has 1 rings (SSSR count). The van der Waals surface area contributed by atoms with Gasteiger partial charge in [-0.1, -0.05) is 0 Å². The van der Waals surface area contributed by atoms with E-state index in [4.69, 9.17) is 4.74 Å². The number of ether oxygens (including phenoxy) is 1. The molecule has 1 saturated heterocycles. The molecule has 1 aliphatic heterocycles. The Labute approximate surface area is 102 Å². The largest absolute Gasteiger partial charge is 0.379 e. The van der Waals surface area contributed by atoms with Crippen molar-refractivity contribution >= 4 is 7.26 Å². The summed E-state index contributed by atoms with van der Waals surface area (Å²) in [6, 6.07) is 0. The van der Waals surface area contributed by atoms with Crippen LogP contribution in [-0.2, 0) is 4.74 Å². The molecule has 0 aromatic heterocycles. The maximum atomic E-state index is 5.43. The van der Waals surface area contributed by atoms with Gasteiger partial charge >= 0.3 is 0 Å². The molecule has 0 N–H and O–H groups in total. The van der Waals surface area contributed by atoms with E-state index in [9.17, 15) is 0 Å². The fourth-order valence-electron chi connectivity index (χ4n) is 2.31. The highest BCUT2D eigenvalue weighted by Gasteiger charge is 2.48. The molecular weight excluding hydrogens is 217 g/mol. The zero-order chi connectivity index (χ0) is 12.4. The number of hydrogen-bond acceptors (Lipinski definition) is 2. The van der Waals surface area contributed by atoms with E-state index in [-0.39, 0.29) is 0 Å². The van der Waals surface area contributed by atoms with Crippen LogP contribution in [0, 0.1) is 0 Å². The third-order valence-electron chi connectivity index (χ3n) is 4.27. The van der Waals surface area contributed by atoms with Gasteiger partial charge in [-0.3, -0.25) is 4.90 Å². The van der Waals surface area contributed by atoms with Crippen molar-refractivity contribution in [2.75, 3.05) is 39.3 Å². The van der Waals surface area contributed by atoms with Crippen LogP contribution >= 0.6 is 7.26 Å². The van der Waals surface area contributed by atoms with Crippen molar-refractivity contribution in [1.29, 1.82) is 0 Å². The fraction of sp³-hybridized carbons (Fsp3) is 1.00. The van der Waals surface area contributed by atoms with Crippen molar-refractivity contribution in [1.82, 2.24) is 4.90 Å². The molecule has 0 aliphatic carbocycles. The van der Waals surface area contributed by atoms with Gasteiger partial charge in [0.1, 0.15) is 6.29 Å². The second-order valence-electron chi connectivity index (χ2n) is 6.40. The number of nitrogens with zero attached hydrogens (tertiary/aromatic N) is 1. The van der Waals surface area contributed by atoms with Gasteiger partial charge in [-0.15, -0.1) is 0 Å². The Morgan fingerprint density at radius 2 is 1.69 bits per heavy atom. The van der Waals surface area contributed by atoms with Crippen molar-refractivity contribution in [3.8, 4) is 0 Å². The molecule has 96 valence electrons. The zero-order valence-corrected chi connectivity index (χ0v) is 12.8. The molecule has 0 aromatic rings. The van der Waals surface area contributed by atoms with Gasteiger partial charge in [-0.25, -0.2) is 0 Å². The summed E-state index contributed by atoms with van der Waals surface area (Å²) < 4.78 is 5.43. The van der Waals surface area contributed by atoms with Crippen molar-refractivity contribution in [2.24, 2.45) is 0 Å². The quantitative estimate of drug-likeness (QED) is 0.709. The Morgan fingerprint density at radius 1 is 1.19 bits per heavy atom. The van der Waals surface area contributed by atoms with Crippen molar-refractivity contribution < 1.29 is 4.74 Å². The molecule has 1 fully saturated rings. The molecule has 16 heavy (non-hydrogen) atoms. The summed E-state index contributed by atoms with van der Waals surface area (Å²) in [5.41, 5.74) is 0.815. The standard InChI is InChI=1S/C13H29NOP/c1-12(2)16(6,13(3,4)5)11-14-7-9-15-10-8-14/h12H,7-11H2,1-6H3/q+1. The van der Waals surface area contributed by atoms with Gasteiger partial charge in [0.2, 0.25) is 0 Å². The topological polar surface area (TPSA) is 12.5 Å². The second-order valence-corrected chi connectivity index (χ2v) is 11.6. The maximum Gasteiger partial charge on any atom is 0.112 e. The van der Waals surface area contributed by atoms with Crippen LogP contribution < -0.4 is 0 Å². The van der Waals surface area contributed by atoms with E-state index in [1.54, 1.807) is 0 Å². The third kappa shape index (κ3) is 3.18. The van der Waals surface area contributed by atoms with Crippen LogP contribution in [0.5, 0.6) is 0 Å². The lowest BCUT2D eigenvalue weighted by Crippen LogP contribution is -2.41. The van der Waals surface area contributed by atoms with E-state index < -0.39 is 7.26 Å². The molecule has 0 spiro atoms. The van der Waals surface area contributed by atoms with Gasteiger partial charge in [-0.2, -0.15) is 0 Å². The highest BCUT2D eigenvalue weighted by atomic mass is 31.2. The Balaban J connectivity index is 2.70. The summed E-state index contributed by atoms with van der Waals surface area (Å²) in [5, 5.41) is 0.458. The van der Waals surface area contributed by atoms with Crippen molar-refractivity contribution in [3.05, 3.63) is 0 Å². The van der Waals surface area contributed by atoms with E-state index >= 15 is 0 Å². The van der Waals surface area contributed by atoms with Crippen molar-refractivity contribution in [2.45, 2.75) is 45.4 Å².